The van der Waals surface area contributed by atoms with Gasteiger partial charge >= 0.3 is 0 Å². The van der Waals surface area contributed by atoms with E-state index in [0.29, 0.717) is 0 Å². The molecule has 3 aromatic rings. The second kappa shape index (κ2) is 6.02. The Bertz CT molecular complexity index is 752. The van der Waals surface area contributed by atoms with Gasteiger partial charge in [0.25, 0.3) is 0 Å². The molecule has 0 bridgehead atoms. The van der Waals surface area contributed by atoms with Crippen molar-refractivity contribution in [3.63, 3.8) is 0 Å². The minimum Gasteiger partial charge on any atom is -0.309 e. The van der Waals surface area contributed by atoms with Crippen LogP contribution in [0.1, 0.15) is 29.7 Å². The minimum atomic E-state index is 0.174. The molecule has 106 valence electrons. The number of nitrogens with zero attached hydrogens (tertiary/aromatic N) is 2. The van der Waals surface area contributed by atoms with E-state index in [0.717, 1.165) is 11.9 Å². The number of nitrogens with one attached hydrogen (secondary N) is 1. The third kappa shape index (κ3) is 2.65. The van der Waals surface area contributed by atoms with Crippen LogP contribution in [-0.2, 0) is 6.42 Å². The Morgan fingerprint density at radius 3 is 2.86 bits per heavy atom. The average Bonchev–Trinajstić information content (AvgIpc) is 2.56. The zero-order chi connectivity index (χ0) is 14.7. The number of fused-ring (bicyclic) bond motifs is 1. The van der Waals surface area contributed by atoms with E-state index >= 15 is 0 Å². The van der Waals surface area contributed by atoms with Crippen molar-refractivity contribution < 1.29 is 0 Å². The van der Waals surface area contributed by atoms with Gasteiger partial charge in [-0.25, -0.2) is 0 Å². The van der Waals surface area contributed by atoms with Gasteiger partial charge in [0.05, 0.1) is 11.6 Å². The lowest BCUT2D eigenvalue weighted by atomic mass is 9.94. The lowest BCUT2D eigenvalue weighted by Gasteiger charge is -2.20. The number of hydrogen-bond acceptors (Lipinski definition) is 3. The molecular weight excluding hydrogens is 258 g/mol. The van der Waals surface area contributed by atoms with Gasteiger partial charge in [0, 0.05) is 24.0 Å². The summed E-state index contributed by atoms with van der Waals surface area (Å²) >= 11 is 0. The zero-order valence-corrected chi connectivity index (χ0v) is 12.4. The van der Waals surface area contributed by atoms with Crippen molar-refractivity contribution >= 4 is 10.9 Å². The van der Waals surface area contributed by atoms with E-state index in [9.17, 15) is 0 Å². The fraction of sp³-hybridized carbons (Fsp3) is 0.222. The smallest absolute Gasteiger partial charge is 0.0702 e. The van der Waals surface area contributed by atoms with Crippen molar-refractivity contribution in [3.05, 3.63) is 71.7 Å². The Kier molecular flexibility index (Phi) is 3.93. The van der Waals surface area contributed by atoms with Crippen LogP contribution in [0.3, 0.4) is 0 Å². The van der Waals surface area contributed by atoms with Gasteiger partial charge in [0.1, 0.15) is 0 Å². The van der Waals surface area contributed by atoms with Crippen molar-refractivity contribution in [2.24, 2.45) is 0 Å². The number of aryl methyl sites for hydroxylation is 1. The van der Waals surface area contributed by atoms with Crippen LogP contribution in [0.2, 0.25) is 0 Å². The average molecular weight is 277 g/mol. The molecule has 0 aliphatic carbocycles. The second-order valence-corrected chi connectivity index (χ2v) is 5.11. The predicted octanol–water partition coefficient (Wildman–Crippen LogP) is 3.50. The molecule has 3 rings (SSSR count). The van der Waals surface area contributed by atoms with Gasteiger partial charge in [-0.3, -0.25) is 9.97 Å². The molecule has 21 heavy (non-hydrogen) atoms. The minimum absolute atomic E-state index is 0.174. The summed E-state index contributed by atoms with van der Waals surface area (Å²) < 4.78 is 0. The summed E-state index contributed by atoms with van der Waals surface area (Å²) in [4.78, 5) is 8.62. The van der Waals surface area contributed by atoms with Crippen LogP contribution in [0.25, 0.3) is 10.9 Å². The number of rotatable bonds is 4. The Morgan fingerprint density at radius 1 is 1.14 bits per heavy atom. The molecule has 0 fully saturated rings. The monoisotopic (exact) mass is 277 g/mol. The highest BCUT2D eigenvalue weighted by molar-refractivity contribution is 5.79. The topological polar surface area (TPSA) is 37.8 Å². The van der Waals surface area contributed by atoms with Gasteiger partial charge in [-0.05, 0) is 54.4 Å². The first kappa shape index (κ1) is 13.7. The maximum atomic E-state index is 4.38. The van der Waals surface area contributed by atoms with Crippen LogP contribution in [0.15, 0.2) is 55.0 Å². The molecule has 0 saturated carbocycles. The fourth-order valence-corrected chi connectivity index (χ4v) is 2.79. The maximum Gasteiger partial charge on any atom is 0.0702 e. The molecular formula is C18H19N3. The molecule has 2 heterocycles. The molecule has 2 aromatic heterocycles. The summed E-state index contributed by atoms with van der Waals surface area (Å²) in [6, 6.07) is 12.8. The zero-order valence-electron chi connectivity index (χ0n) is 12.4. The van der Waals surface area contributed by atoms with Crippen LogP contribution >= 0.6 is 0 Å². The lowest BCUT2D eigenvalue weighted by Crippen LogP contribution is -2.19. The van der Waals surface area contributed by atoms with Crippen molar-refractivity contribution in [2.45, 2.75) is 19.4 Å². The first-order valence-electron chi connectivity index (χ1n) is 7.28. The highest BCUT2D eigenvalue weighted by atomic mass is 14.9. The largest absolute Gasteiger partial charge is 0.309 e. The summed E-state index contributed by atoms with van der Waals surface area (Å²) in [7, 11) is 2.00. The first-order valence-corrected chi connectivity index (χ1v) is 7.28. The number of benzene rings is 1. The second-order valence-electron chi connectivity index (χ2n) is 5.11. The van der Waals surface area contributed by atoms with Gasteiger partial charge in [0.2, 0.25) is 0 Å². The predicted molar refractivity (Wildman–Crippen MR) is 86.3 cm³/mol. The van der Waals surface area contributed by atoms with E-state index in [1.165, 1.54) is 22.1 Å². The summed E-state index contributed by atoms with van der Waals surface area (Å²) in [6.45, 7) is 2.16. The van der Waals surface area contributed by atoms with Crippen LogP contribution in [-0.4, -0.2) is 17.0 Å². The molecule has 1 atom stereocenters. The summed E-state index contributed by atoms with van der Waals surface area (Å²) in [6.07, 6.45) is 6.63. The summed E-state index contributed by atoms with van der Waals surface area (Å²) in [5, 5.41) is 4.59. The van der Waals surface area contributed by atoms with Crippen LogP contribution in [0.4, 0.5) is 0 Å². The van der Waals surface area contributed by atoms with Gasteiger partial charge in [-0.1, -0.05) is 19.1 Å². The molecule has 0 aliphatic heterocycles. The molecule has 0 radical (unpaired) electrons. The Hall–Kier alpha value is -2.26. The molecule has 3 nitrogen and oxygen atoms in total. The van der Waals surface area contributed by atoms with E-state index in [4.69, 9.17) is 0 Å². The molecule has 0 saturated heterocycles. The van der Waals surface area contributed by atoms with Crippen molar-refractivity contribution in [2.75, 3.05) is 7.05 Å². The van der Waals surface area contributed by atoms with Gasteiger partial charge in [0.15, 0.2) is 0 Å². The van der Waals surface area contributed by atoms with E-state index in [1.54, 1.807) is 0 Å². The fourth-order valence-electron chi connectivity index (χ4n) is 2.79. The third-order valence-corrected chi connectivity index (χ3v) is 3.88. The van der Waals surface area contributed by atoms with Crippen LogP contribution in [0, 0.1) is 0 Å². The molecule has 0 amide bonds. The normalized spacial score (nSPS) is 12.5. The van der Waals surface area contributed by atoms with Crippen LogP contribution in [0.5, 0.6) is 0 Å². The highest BCUT2D eigenvalue weighted by Gasteiger charge is 2.15. The number of pyridine rings is 2. The quantitative estimate of drug-likeness (QED) is 0.793. The van der Waals surface area contributed by atoms with Gasteiger partial charge in [-0.2, -0.15) is 0 Å². The van der Waals surface area contributed by atoms with Gasteiger partial charge < -0.3 is 5.32 Å². The van der Waals surface area contributed by atoms with E-state index in [-0.39, 0.29) is 6.04 Å². The third-order valence-electron chi connectivity index (χ3n) is 3.88. The Balaban J connectivity index is 2.09. The molecule has 1 unspecified atom stereocenters. The molecule has 1 aromatic carbocycles. The van der Waals surface area contributed by atoms with E-state index in [1.807, 2.05) is 31.7 Å². The van der Waals surface area contributed by atoms with E-state index < -0.39 is 0 Å². The molecule has 0 aliphatic rings. The molecule has 1 N–H and O–H groups in total. The van der Waals surface area contributed by atoms with Crippen LogP contribution < -0.4 is 5.32 Å². The number of hydrogen-bond donors (Lipinski definition) is 1. The Labute approximate surface area is 125 Å². The van der Waals surface area contributed by atoms with Gasteiger partial charge in [-0.15, -0.1) is 0 Å². The maximum absolute atomic E-state index is 4.38. The van der Waals surface area contributed by atoms with E-state index in [2.05, 4.69) is 52.5 Å². The summed E-state index contributed by atoms with van der Waals surface area (Å²) in [5.74, 6) is 0. The lowest BCUT2D eigenvalue weighted by molar-refractivity contribution is 0.683. The standard InChI is InChI=1S/C18H19N3/c1-3-13-12-20-10-8-16(13)18(19-2)15-6-7-17-14(11-15)5-4-9-21-17/h4-12,18-19H,3H2,1-2H3. The highest BCUT2D eigenvalue weighted by Crippen LogP contribution is 2.26. The van der Waals surface area contributed by atoms with Crippen molar-refractivity contribution in [3.8, 4) is 0 Å². The molecule has 0 spiro atoms. The SMILES string of the molecule is CCc1cnccc1C(NC)c1ccc2ncccc2c1. The van der Waals surface area contributed by atoms with Crippen molar-refractivity contribution in [1.82, 2.24) is 15.3 Å². The molecule has 3 heteroatoms. The Morgan fingerprint density at radius 2 is 2.05 bits per heavy atom. The summed E-state index contributed by atoms with van der Waals surface area (Å²) in [5.41, 5.74) is 4.85. The first-order chi connectivity index (χ1) is 10.3. The van der Waals surface area contributed by atoms with Crippen molar-refractivity contribution in [1.29, 1.82) is 0 Å². The number of aromatic nitrogens is 2.